The average molecular weight is 477 g/mol. The fourth-order valence-electron chi connectivity index (χ4n) is 3.96. The molecule has 0 radical (unpaired) electrons. The minimum atomic E-state index is -0.770. The lowest BCUT2D eigenvalue weighted by Crippen LogP contribution is -2.17. The van der Waals surface area contributed by atoms with Crippen molar-refractivity contribution in [2.24, 2.45) is 0 Å². The maximum atomic E-state index is 11.6. The Balaban J connectivity index is 1.42. The second-order valence-electron chi connectivity index (χ2n) is 8.25. The van der Waals surface area contributed by atoms with Crippen molar-refractivity contribution in [2.45, 2.75) is 27.0 Å². The summed E-state index contributed by atoms with van der Waals surface area (Å²) in [5.74, 6) is 0.771. The molecule has 1 heterocycles. The Hall–Kier alpha value is -4.04. The first-order chi connectivity index (χ1) is 16.9. The molecule has 3 aromatic carbocycles. The van der Waals surface area contributed by atoms with E-state index in [0.29, 0.717) is 25.6 Å². The summed E-state index contributed by atoms with van der Waals surface area (Å²) in [5, 5.41) is 0. The molecule has 0 aliphatic rings. The minimum Gasteiger partial charge on any atom is -0.491 e. The zero-order chi connectivity index (χ0) is 24.8. The topological polar surface area (TPSA) is 95.7 Å². The van der Waals surface area contributed by atoms with Gasteiger partial charge in [0.2, 0.25) is 0 Å². The molecule has 0 amide bonds. The predicted octanol–water partition coefficient (Wildman–Crippen LogP) is 4.07. The Morgan fingerprint density at radius 2 is 1.60 bits per heavy atom. The van der Waals surface area contributed by atoms with Crippen LogP contribution in [0, 0.1) is 13.8 Å². The maximum Gasteiger partial charge on any atom is 0.440 e. The van der Waals surface area contributed by atoms with Gasteiger partial charge in [0.05, 0.1) is 13.2 Å². The van der Waals surface area contributed by atoms with E-state index in [1.165, 1.54) is 5.56 Å². The summed E-state index contributed by atoms with van der Waals surface area (Å²) in [4.78, 5) is 24.8. The van der Waals surface area contributed by atoms with Crippen LogP contribution in [-0.2, 0) is 17.9 Å². The molecule has 0 aliphatic heterocycles. The molecule has 0 unspecified atom stereocenters. The van der Waals surface area contributed by atoms with Gasteiger partial charge in [-0.3, -0.25) is 0 Å². The summed E-state index contributed by atoms with van der Waals surface area (Å²) < 4.78 is 22.6. The fourth-order valence-corrected chi connectivity index (χ4v) is 3.96. The maximum absolute atomic E-state index is 11.6. The monoisotopic (exact) mass is 476 g/mol. The van der Waals surface area contributed by atoms with E-state index in [-0.39, 0.29) is 6.54 Å². The summed E-state index contributed by atoms with van der Waals surface area (Å²) in [6.45, 7) is 5.82. The van der Waals surface area contributed by atoms with Crippen molar-refractivity contribution < 1.29 is 18.7 Å². The lowest BCUT2D eigenvalue weighted by atomic mass is 9.94. The van der Waals surface area contributed by atoms with Crippen LogP contribution in [0.1, 0.15) is 22.3 Å². The Labute approximate surface area is 202 Å². The second kappa shape index (κ2) is 10.9. The van der Waals surface area contributed by atoms with Crippen LogP contribution < -0.4 is 20.9 Å². The number of aryl methyl sites for hydroxylation is 2. The van der Waals surface area contributed by atoms with Crippen LogP contribution in [0.3, 0.4) is 0 Å². The molecule has 182 valence electrons. The van der Waals surface area contributed by atoms with Gasteiger partial charge in [0.25, 0.3) is 0 Å². The number of hydrogen-bond donors (Lipinski definition) is 1. The van der Waals surface area contributed by atoms with Crippen molar-refractivity contribution in [3.8, 4) is 22.6 Å². The molecule has 4 aromatic rings. The molecule has 0 saturated carbocycles. The number of rotatable bonds is 10. The van der Waals surface area contributed by atoms with E-state index in [0.717, 1.165) is 38.3 Å². The summed E-state index contributed by atoms with van der Waals surface area (Å²) in [5.41, 5.74) is 5.87. The summed E-state index contributed by atoms with van der Waals surface area (Å²) in [7, 11) is 1.66. The van der Waals surface area contributed by atoms with Gasteiger partial charge in [-0.15, -0.1) is 4.74 Å². The van der Waals surface area contributed by atoms with Gasteiger partial charge in [0, 0.05) is 7.11 Å². The standard InChI is InChI=1S/C27H28N2O6/c1-18-13-24(33-12-11-32-3)14-19(2)25(18)22-6-4-5-21(15-22)17-34-23-9-7-20(8-10-23)16-29-26(30)28-27(31)35-29/h4-10,13-15H,11-12,16-17H2,1-3H3,(H,28,30,31). The number of benzene rings is 3. The highest BCUT2D eigenvalue weighted by Gasteiger charge is 2.10. The van der Waals surface area contributed by atoms with Crippen molar-refractivity contribution in [1.82, 2.24) is 9.72 Å². The number of ether oxygens (including phenoxy) is 3. The molecular formula is C27H28N2O6. The summed E-state index contributed by atoms with van der Waals surface area (Å²) in [6.07, 6.45) is 0. The van der Waals surface area contributed by atoms with E-state index in [1.807, 2.05) is 36.4 Å². The van der Waals surface area contributed by atoms with Crippen molar-refractivity contribution in [2.75, 3.05) is 20.3 Å². The fraction of sp³-hybridized carbons (Fsp3) is 0.259. The number of nitrogens with one attached hydrogen (secondary N) is 1. The van der Waals surface area contributed by atoms with E-state index in [9.17, 15) is 9.59 Å². The normalized spacial score (nSPS) is 10.9. The highest BCUT2D eigenvalue weighted by atomic mass is 16.5. The van der Waals surface area contributed by atoms with E-state index in [4.69, 9.17) is 18.7 Å². The van der Waals surface area contributed by atoms with E-state index >= 15 is 0 Å². The van der Waals surface area contributed by atoms with Gasteiger partial charge in [-0.05, 0) is 77.6 Å². The minimum absolute atomic E-state index is 0.162. The molecule has 8 nitrogen and oxygen atoms in total. The smallest absolute Gasteiger partial charge is 0.440 e. The number of H-pyrrole nitrogens is 1. The predicted molar refractivity (Wildman–Crippen MR) is 132 cm³/mol. The van der Waals surface area contributed by atoms with E-state index in [2.05, 4.69) is 43.1 Å². The van der Waals surface area contributed by atoms with Crippen LogP contribution in [0.4, 0.5) is 0 Å². The number of nitrogens with zero attached hydrogens (tertiary/aromatic N) is 1. The Bertz CT molecular complexity index is 1380. The zero-order valence-corrected chi connectivity index (χ0v) is 20.0. The highest BCUT2D eigenvalue weighted by molar-refractivity contribution is 5.72. The molecular weight excluding hydrogens is 448 g/mol. The average Bonchev–Trinajstić information content (AvgIpc) is 3.15. The van der Waals surface area contributed by atoms with Crippen LogP contribution in [-0.4, -0.2) is 30.0 Å². The van der Waals surface area contributed by atoms with Crippen molar-refractivity contribution >= 4 is 0 Å². The molecule has 0 saturated heterocycles. The zero-order valence-electron chi connectivity index (χ0n) is 20.0. The Morgan fingerprint density at radius 1 is 0.857 bits per heavy atom. The quantitative estimate of drug-likeness (QED) is 0.347. The van der Waals surface area contributed by atoms with Gasteiger partial charge >= 0.3 is 11.4 Å². The van der Waals surface area contributed by atoms with Gasteiger partial charge in [0.1, 0.15) is 24.7 Å². The van der Waals surface area contributed by atoms with Crippen LogP contribution in [0.15, 0.2) is 74.8 Å². The Kier molecular flexibility index (Phi) is 7.52. The largest absolute Gasteiger partial charge is 0.491 e. The molecule has 0 bridgehead atoms. The van der Waals surface area contributed by atoms with E-state index < -0.39 is 11.4 Å². The summed E-state index contributed by atoms with van der Waals surface area (Å²) in [6, 6.07) is 19.7. The Morgan fingerprint density at radius 3 is 2.26 bits per heavy atom. The molecule has 4 rings (SSSR count). The molecule has 35 heavy (non-hydrogen) atoms. The third-order valence-electron chi connectivity index (χ3n) is 5.56. The molecule has 0 aliphatic carbocycles. The van der Waals surface area contributed by atoms with Gasteiger partial charge in [-0.25, -0.2) is 14.6 Å². The van der Waals surface area contributed by atoms with Crippen LogP contribution in [0.2, 0.25) is 0 Å². The number of methoxy groups -OCH3 is 1. The third-order valence-corrected chi connectivity index (χ3v) is 5.56. The second-order valence-corrected chi connectivity index (χ2v) is 8.25. The van der Waals surface area contributed by atoms with Crippen molar-refractivity contribution in [1.29, 1.82) is 0 Å². The molecule has 0 fully saturated rings. The van der Waals surface area contributed by atoms with Crippen molar-refractivity contribution in [3.05, 3.63) is 104 Å². The van der Waals surface area contributed by atoms with Crippen LogP contribution >= 0.6 is 0 Å². The van der Waals surface area contributed by atoms with Gasteiger partial charge in [-0.2, -0.15) is 0 Å². The first-order valence-electron chi connectivity index (χ1n) is 11.3. The first-order valence-corrected chi connectivity index (χ1v) is 11.3. The number of aromatic nitrogens is 2. The lowest BCUT2D eigenvalue weighted by molar-refractivity contribution is 0.146. The molecule has 0 atom stereocenters. The SMILES string of the molecule is COCCOc1cc(C)c(-c2cccc(COc3ccc(Cn4oc(=O)[nH]c4=O)cc3)c2)c(C)c1. The number of aromatic amines is 1. The van der Waals surface area contributed by atoms with Crippen LogP contribution in [0.25, 0.3) is 11.1 Å². The first kappa shape index (κ1) is 24.1. The lowest BCUT2D eigenvalue weighted by Gasteiger charge is -2.15. The van der Waals surface area contributed by atoms with Crippen LogP contribution in [0.5, 0.6) is 11.5 Å². The van der Waals surface area contributed by atoms with E-state index in [1.54, 1.807) is 7.11 Å². The molecule has 1 N–H and O–H groups in total. The third kappa shape index (κ3) is 6.10. The summed E-state index contributed by atoms with van der Waals surface area (Å²) >= 11 is 0. The van der Waals surface area contributed by atoms with Gasteiger partial charge < -0.3 is 18.7 Å². The van der Waals surface area contributed by atoms with Crippen molar-refractivity contribution in [3.63, 3.8) is 0 Å². The molecule has 1 aromatic heterocycles. The highest BCUT2D eigenvalue weighted by Crippen LogP contribution is 2.31. The number of hydrogen-bond acceptors (Lipinski definition) is 6. The molecule has 0 spiro atoms. The molecule has 8 heteroatoms. The van der Waals surface area contributed by atoms with Gasteiger partial charge in [0.15, 0.2) is 0 Å². The van der Waals surface area contributed by atoms with Gasteiger partial charge in [-0.1, -0.05) is 30.3 Å².